The molecular weight excluding hydrogens is 272 g/mol. The highest BCUT2D eigenvalue weighted by atomic mass is 79.9. The van der Waals surface area contributed by atoms with Crippen LogP contribution in [-0.2, 0) is 13.1 Å². The minimum Gasteiger partial charge on any atom is -0.306 e. The van der Waals surface area contributed by atoms with Gasteiger partial charge in [-0.05, 0) is 39.5 Å². The van der Waals surface area contributed by atoms with Crippen molar-refractivity contribution in [1.82, 2.24) is 10.3 Å². The maximum absolute atomic E-state index is 4.29. The number of nitrogens with one attached hydrogen (secondary N) is 1. The van der Waals surface area contributed by atoms with Crippen LogP contribution in [0.1, 0.15) is 10.6 Å². The molecule has 0 aliphatic heterocycles. The predicted octanol–water partition coefficient (Wildman–Crippen LogP) is 3.20. The molecule has 0 saturated heterocycles. The smallest absolute Gasteiger partial charge is 0.0683 e. The van der Waals surface area contributed by atoms with Crippen LogP contribution in [-0.4, -0.2) is 4.98 Å². The van der Waals surface area contributed by atoms with E-state index in [-0.39, 0.29) is 0 Å². The molecule has 0 saturated carbocycles. The van der Waals surface area contributed by atoms with Crippen LogP contribution in [0.4, 0.5) is 0 Å². The highest BCUT2D eigenvalue weighted by molar-refractivity contribution is 9.10. The number of pyridine rings is 1. The molecule has 0 atom stereocenters. The van der Waals surface area contributed by atoms with Crippen molar-refractivity contribution in [3.8, 4) is 0 Å². The molecule has 0 unspecified atom stereocenters. The van der Waals surface area contributed by atoms with Gasteiger partial charge in [0.05, 0.1) is 5.69 Å². The Balaban J connectivity index is 1.86. The van der Waals surface area contributed by atoms with Crippen molar-refractivity contribution < 1.29 is 0 Å². The zero-order valence-corrected chi connectivity index (χ0v) is 10.5. The molecule has 0 aromatic carbocycles. The van der Waals surface area contributed by atoms with E-state index in [1.807, 2.05) is 18.3 Å². The molecule has 1 N–H and O–H groups in total. The van der Waals surface area contributed by atoms with Crippen LogP contribution in [0.2, 0.25) is 0 Å². The summed E-state index contributed by atoms with van der Waals surface area (Å²) in [7, 11) is 0. The van der Waals surface area contributed by atoms with Crippen LogP contribution in [0.3, 0.4) is 0 Å². The van der Waals surface area contributed by atoms with Crippen LogP contribution < -0.4 is 5.32 Å². The number of aromatic nitrogens is 1. The fourth-order valence-corrected chi connectivity index (χ4v) is 2.34. The Hall–Kier alpha value is -0.710. The van der Waals surface area contributed by atoms with Gasteiger partial charge in [-0.25, -0.2) is 0 Å². The monoisotopic (exact) mass is 282 g/mol. The van der Waals surface area contributed by atoms with E-state index in [2.05, 4.69) is 43.7 Å². The van der Waals surface area contributed by atoms with E-state index in [0.29, 0.717) is 0 Å². The maximum atomic E-state index is 4.29. The van der Waals surface area contributed by atoms with Crippen LogP contribution >= 0.6 is 27.3 Å². The minimum absolute atomic E-state index is 0.791. The SMILES string of the molecule is Brc1cccnc1CNCc1cccs1. The van der Waals surface area contributed by atoms with E-state index < -0.39 is 0 Å². The van der Waals surface area contributed by atoms with Crippen LogP contribution in [0.5, 0.6) is 0 Å². The lowest BCUT2D eigenvalue weighted by atomic mass is 10.3. The molecule has 15 heavy (non-hydrogen) atoms. The summed E-state index contributed by atoms with van der Waals surface area (Å²) in [6, 6.07) is 8.13. The molecule has 2 aromatic heterocycles. The Bertz CT molecular complexity index is 414. The van der Waals surface area contributed by atoms with Crippen molar-refractivity contribution in [3.63, 3.8) is 0 Å². The lowest BCUT2D eigenvalue weighted by Gasteiger charge is -2.04. The standard InChI is InChI=1S/C11H11BrN2S/c12-10-4-1-5-14-11(10)8-13-7-9-3-2-6-15-9/h1-6,13H,7-8H2. The Morgan fingerprint density at radius 2 is 2.20 bits per heavy atom. The van der Waals surface area contributed by atoms with Crippen molar-refractivity contribution in [1.29, 1.82) is 0 Å². The summed E-state index contributed by atoms with van der Waals surface area (Å²) < 4.78 is 1.06. The summed E-state index contributed by atoms with van der Waals surface area (Å²) in [5.74, 6) is 0. The van der Waals surface area contributed by atoms with Crippen LogP contribution in [0.15, 0.2) is 40.3 Å². The maximum Gasteiger partial charge on any atom is 0.0683 e. The number of halogens is 1. The Kier molecular flexibility index (Phi) is 3.88. The first-order valence-electron chi connectivity index (χ1n) is 4.69. The second-order valence-electron chi connectivity index (χ2n) is 3.11. The van der Waals surface area contributed by atoms with Gasteiger partial charge >= 0.3 is 0 Å². The van der Waals surface area contributed by atoms with Gasteiger partial charge in [0.15, 0.2) is 0 Å². The molecule has 2 nitrogen and oxygen atoms in total. The van der Waals surface area contributed by atoms with Crippen molar-refractivity contribution in [2.45, 2.75) is 13.1 Å². The Morgan fingerprint density at radius 1 is 1.27 bits per heavy atom. The van der Waals surface area contributed by atoms with Crippen LogP contribution in [0, 0.1) is 0 Å². The van der Waals surface area contributed by atoms with Gasteiger partial charge in [0, 0.05) is 28.6 Å². The molecule has 4 heteroatoms. The summed E-state index contributed by atoms with van der Waals surface area (Å²) in [6.45, 7) is 1.69. The quantitative estimate of drug-likeness (QED) is 0.932. The lowest BCUT2D eigenvalue weighted by molar-refractivity contribution is 0.684. The number of thiophene rings is 1. The molecule has 0 aliphatic carbocycles. The molecule has 2 rings (SSSR count). The molecular formula is C11H11BrN2S. The molecule has 2 aromatic rings. The van der Waals surface area contributed by atoms with Gasteiger partial charge in [0.1, 0.15) is 0 Å². The lowest BCUT2D eigenvalue weighted by Crippen LogP contribution is -2.13. The topological polar surface area (TPSA) is 24.9 Å². The van der Waals surface area contributed by atoms with E-state index in [1.165, 1.54) is 4.88 Å². The first kappa shape index (κ1) is 10.8. The van der Waals surface area contributed by atoms with Gasteiger partial charge in [-0.15, -0.1) is 11.3 Å². The molecule has 0 fully saturated rings. The zero-order chi connectivity index (χ0) is 10.5. The van der Waals surface area contributed by atoms with Crippen molar-refractivity contribution >= 4 is 27.3 Å². The third-order valence-corrected chi connectivity index (χ3v) is 3.60. The molecule has 2 heterocycles. The second-order valence-corrected chi connectivity index (χ2v) is 5.00. The largest absolute Gasteiger partial charge is 0.306 e. The molecule has 0 radical (unpaired) electrons. The van der Waals surface area contributed by atoms with Crippen molar-refractivity contribution in [2.24, 2.45) is 0 Å². The van der Waals surface area contributed by atoms with Crippen LogP contribution in [0.25, 0.3) is 0 Å². The van der Waals surface area contributed by atoms with Crippen molar-refractivity contribution in [2.75, 3.05) is 0 Å². The van der Waals surface area contributed by atoms with Gasteiger partial charge < -0.3 is 5.32 Å². The first-order chi connectivity index (χ1) is 7.36. The summed E-state index contributed by atoms with van der Waals surface area (Å²) in [4.78, 5) is 5.64. The van der Waals surface area contributed by atoms with E-state index >= 15 is 0 Å². The van der Waals surface area contributed by atoms with E-state index in [4.69, 9.17) is 0 Å². The predicted molar refractivity (Wildman–Crippen MR) is 66.8 cm³/mol. The average Bonchev–Trinajstić information content (AvgIpc) is 2.74. The van der Waals surface area contributed by atoms with Crippen molar-refractivity contribution in [3.05, 3.63) is 50.9 Å². The molecule has 78 valence electrons. The summed E-state index contributed by atoms with van der Waals surface area (Å²) in [6.07, 6.45) is 1.81. The number of hydrogen-bond donors (Lipinski definition) is 1. The highest BCUT2D eigenvalue weighted by Gasteiger charge is 1.99. The highest BCUT2D eigenvalue weighted by Crippen LogP contribution is 2.13. The summed E-state index contributed by atoms with van der Waals surface area (Å²) >= 11 is 5.24. The van der Waals surface area contributed by atoms with Gasteiger partial charge in [0.2, 0.25) is 0 Å². The fourth-order valence-electron chi connectivity index (χ4n) is 1.27. The van der Waals surface area contributed by atoms with E-state index in [0.717, 1.165) is 23.3 Å². The summed E-state index contributed by atoms with van der Waals surface area (Å²) in [5.41, 5.74) is 1.05. The number of nitrogens with zero attached hydrogens (tertiary/aromatic N) is 1. The van der Waals surface area contributed by atoms with Gasteiger partial charge in [-0.2, -0.15) is 0 Å². The first-order valence-corrected chi connectivity index (χ1v) is 6.36. The van der Waals surface area contributed by atoms with E-state index in [9.17, 15) is 0 Å². The molecule has 0 amide bonds. The molecule has 0 spiro atoms. The third-order valence-electron chi connectivity index (χ3n) is 2.01. The Morgan fingerprint density at radius 3 is 2.93 bits per heavy atom. The van der Waals surface area contributed by atoms with Gasteiger partial charge in [-0.3, -0.25) is 4.98 Å². The fraction of sp³-hybridized carbons (Fsp3) is 0.182. The number of rotatable bonds is 4. The zero-order valence-electron chi connectivity index (χ0n) is 8.11. The summed E-state index contributed by atoms with van der Waals surface area (Å²) in [5, 5.41) is 5.45. The molecule has 0 aliphatic rings. The normalized spacial score (nSPS) is 10.5. The molecule has 0 bridgehead atoms. The third kappa shape index (κ3) is 3.12. The minimum atomic E-state index is 0.791. The number of hydrogen-bond acceptors (Lipinski definition) is 3. The average molecular weight is 283 g/mol. The van der Waals surface area contributed by atoms with E-state index in [1.54, 1.807) is 11.3 Å². The van der Waals surface area contributed by atoms with Gasteiger partial charge in [-0.1, -0.05) is 6.07 Å². The van der Waals surface area contributed by atoms with Gasteiger partial charge in [0.25, 0.3) is 0 Å². The Labute approximate surface area is 101 Å². The second kappa shape index (κ2) is 5.39.